The van der Waals surface area contributed by atoms with E-state index < -0.39 is 0 Å². The molecule has 200 valence electrons. The molecule has 38 heavy (non-hydrogen) atoms. The number of nitrogen functional groups attached to an aromatic ring is 1. The lowest BCUT2D eigenvalue weighted by molar-refractivity contribution is 0.0774. The maximum Gasteiger partial charge on any atom is 0.254 e. The lowest BCUT2D eigenvalue weighted by Crippen LogP contribution is -2.31. The van der Waals surface area contributed by atoms with Crippen LogP contribution in [-0.4, -0.2) is 50.1 Å². The van der Waals surface area contributed by atoms with Gasteiger partial charge in [-0.05, 0) is 77.4 Å². The number of nitrogens with zero attached hydrogens (tertiary/aromatic N) is 3. The van der Waals surface area contributed by atoms with Crippen molar-refractivity contribution in [3.8, 4) is 22.5 Å². The van der Waals surface area contributed by atoms with E-state index in [1.807, 2.05) is 36.9 Å². The number of anilines is 2. The molecular formula is C32H41N4O2+. The SMILES string of the molecule is CCN(CC)C(=O)c1cc(N)ccc1-c1c2ccc(=[N+](CC)CC)cc-2oc2cc(N(CC)CC)ccc12. The van der Waals surface area contributed by atoms with Gasteiger partial charge in [-0.25, -0.2) is 4.58 Å². The predicted molar refractivity (Wildman–Crippen MR) is 160 cm³/mol. The van der Waals surface area contributed by atoms with Gasteiger partial charge in [-0.2, -0.15) is 0 Å². The molecule has 2 aromatic rings. The Labute approximate surface area is 226 Å². The van der Waals surface area contributed by atoms with Crippen molar-refractivity contribution >= 4 is 28.3 Å². The largest absolute Gasteiger partial charge is 0.456 e. The molecule has 0 radical (unpaired) electrons. The minimum absolute atomic E-state index is 0.0149. The smallest absolute Gasteiger partial charge is 0.254 e. The van der Waals surface area contributed by atoms with Crippen molar-refractivity contribution in [3.05, 3.63) is 65.5 Å². The summed E-state index contributed by atoms with van der Waals surface area (Å²) in [6.45, 7) is 17.6. The lowest BCUT2D eigenvalue weighted by Gasteiger charge is -2.24. The van der Waals surface area contributed by atoms with Gasteiger partial charge in [0.05, 0.1) is 6.07 Å². The maximum absolute atomic E-state index is 13.7. The topological polar surface area (TPSA) is 65.7 Å². The van der Waals surface area contributed by atoms with E-state index in [9.17, 15) is 4.79 Å². The molecule has 2 aromatic carbocycles. The Morgan fingerprint density at radius 3 is 2.13 bits per heavy atom. The van der Waals surface area contributed by atoms with Crippen LogP contribution in [-0.2, 0) is 0 Å². The van der Waals surface area contributed by atoms with Gasteiger partial charge in [0, 0.05) is 71.8 Å². The second-order valence-corrected chi connectivity index (χ2v) is 9.47. The van der Waals surface area contributed by atoms with Crippen molar-refractivity contribution < 1.29 is 9.21 Å². The summed E-state index contributed by atoms with van der Waals surface area (Å²) in [5.41, 5.74) is 12.2. The summed E-state index contributed by atoms with van der Waals surface area (Å²) in [7, 11) is 0. The Bertz CT molecular complexity index is 1470. The number of hydrogen-bond acceptors (Lipinski definition) is 4. The summed E-state index contributed by atoms with van der Waals surface area (Å²) in [6.07, 6.45) is 0. The van der Waals surface area contributed by atoms with E-state index in [0.29, 0.717) is 24.3 Å². The Kier molecular flexibility index (Phi) is 8.40. The van der Waals surface area contributed by atoms with Crippen LogP contribution in [0.2, 0.25) is 0 Å². The summed E-state index contributed by atoms with van der Waals surface area (Å²) in [4.78, 5) is 17.9. The third-order valence-electron chi connectivity index (χ3n) is 7.54. The predicted octanol–water partition coefficient (Wildman–Crippen LogP) is 5.93. The van der Waals surface area contributed by atoms with Crippen molar-refractivity contribution in [2.75, 3.05) is 49.9 Å². The Balaban J connectivity index is 2.12. The fraction of sp³-hybridized carbons (Fsp3) is 0.375. The first-order valence-corrected chi connectivity index (χ1v) is 13.9. The molecule has 2 N–H and O–H groups in total. The Hall–Kier alpha value is -3.80. The molecule has 1 aliphatic carbocycles. The molecule has 6 nitrogen and oxygen atoms in total. The van der Waals surface area contributed by atoms with Crippen LogP contribution in [0.25, 0.3) is 33.4 Å². The van der Waals surface area contributed by atoms with Crippen LogP contribution in [0.15, 0.2) is 59.0 Å². The summed E-state index contributed by atoms with van der Waals surface area (Å²) in [5.74, 6) is 0.783. The molecular weight excluding hydrogens is 472 g/mol. The van der Waals surface area contributed by atoms with Crippen LogP contribution in [0.4, 0.5) is 11.4 Å². The number of benzene rings is 3. The first kappa shape index (κ1) is 27.2. The van der Waals surface area contributed by atoms with Gasteiger partial charge < -0.3 is 20.0 Å². The fourth-order valence-electron chi connectivity index (χ4n) is 5.37. The zero-order valence-electron chi connectivity index (χ0n) is 23.7. The standard InChI is InChI=1S/C32H40N4O2/c1-7-34(8-2)23-14-17-26-29(20-23)38-30-21-24(35(9-3)10-4)15-18-27(30)31(26)25-16-13-22(33)19-28(25)32(37)36(11-5)12-6/h13-21,33H,7-12H2,1-6H3/p+1. The number of carbonyl (C=O) groups is 1. The first-order chi connectivity index (χ1) is 18.4. The van der Waals surface area contributed by atoms with Crippen molar-refractivity contribution in [3.63, 3.8) is 0 Å². The van der Waals surface area contributed by atoms with Crippen molar-refractivity contribution in [2.45, 2.75) is 41.5 Å². The van der Waals surface area contributed by atoms with Crippen LogP contribution >= 0.6 is 0 Å². The van der Waals surface area contributed by atoms with Gasteiger partial charge in [-0.3, -0.25) is 4.79 Å². The molecule has 0 saturated heterocycles. The zero-order valence-corrected chi connectivity index (χ0v) is 23.7. The highest BCUT2D eigenvalue weighted by molar-refractivity contribution is 6.09. The van der Waals surface area contributed by atoms with E-state index in [1.165, 1.54) is 0 Å². The van der Waals surface area contributed by atoms with Gasteiger partial charge in [-0.1, -0.05) is 6.07 Å². The molecule has 6 heteroatoms. The number of hydrogen-bond donors (Lipinski definition) is 1. The average Bonchev–Trinajstić information content (AvgIpc) is 2.93. The van der Waals surface area contributed by atoms with Crippen LogP contribution in [0.1, 0.15) is 51.9 Å². The molecule has 0 bridgehead atoms. The average molecular weight is 514 g/mol. The van der Waals surface area contributed by atoms with Crippen LogP contribution in [0.5, 0.6) is 0 Å². The summed E-state index contributed by atoms with van der Waals surface area (Å²) < 4.78 is 8.92. The number of nitrogens with two attached hydrogens (primary N) is 1. The number of fused-ring (bicyclic) bond motifs is 2. The third-order valence-corrected chi connectivity index (χ3v) is 7.54. The van der Waals surface area contributed by atoms with Crippen LogP contribution < -0.4 is 20.6 Å². The molecule has 1 amide bonds. The molecule has 0 unspecified atom stereocenters. The van der Waals surface area contributed by atoms with Gasteiger partial charge >= 0.3 is 0 Å². The van der Waals surface area contributed by atoms with E-state index in [-0.39, 0.29) is 5.91 Å². The number of rotatable bonds is 9. The quantitative estimate of drug-likeness (QED) is 0.171. The molecule has 0 aromatic heterocycles. The van der Waals surface area contributed by atoms with E-state index in [2.05, 4.69) is 73.6 Å². The molecule has 1 heterocycles. The van der Waals surface area contributed by atoms with Gasteiger partial charge in [0.25, 0.3) is 5.91 Å². The third kappa shape index (κ3) is 5.00. The van der Waals surface area contributed by atoms with Gasteiger partial charge in [-0.15, -0.1) is 0 Å². The highest BCUT2D eigenvalue weighted by Crippen LogP contribution is 2.42. The van der Waals surface area contributed by atoms with E-state index in [0.717, 1.165) is 70.6 Å². The monoisotopic (exact) mass is 513 g/mol. The van der Waals surface area contributed by atoms with E-state index in [1.54, 1.807) is 0 Å². The molecule has 0 atom stereocenters. The second kappa shape index (κ2) is 11.7. The highest BCUT2D eigenvalue weighted by atomic mass is 16.3. The lowest BCUT2D eigenvalue weighted by atomic mass is 9.90. The Morgan fingerprint density at radius 2 is 1.50 bits per heavy atom. The van der Waals surface area contributed by atoms with Crippen LogP contribution in [0, 0.1) is 0 Å². The van der Waals surface area contributed by atoms with E-state index in [4.69, 9.17) is 10.2 Å². The van der Waals surface area contributed by atoms with Crippen LogP contribution in [0.3, 0.4) is 0 Å². The van der Waals surface area contributed by atoms with Crippen molar-refractivity contribution in [2.24, 2.45) is 0 Å². The Morgan fingerprint density at radius 1 is 0.816 bits per heavy atom. The summed E-state index contributed by atoms with van der Waals surface area (Å²) in [6, 6.07) is 18.5. The van der Waals surface area contributed by atoms with Gasteiger partial charge in [0.1, 0.15) is 24.4 Å². The normalized spacial score (nSPS) is 11.2. The number of carbonyl (C=O) groups excluding carboxylic acids is 1. The molecule has 4 rings (SSSR count). The van der Waals surface area contributed by atoms with Crippen molar-refractivity contribution in [1.82, 2.24) is 9.48 Å². The summed E-state index contributed by atoms with van der Waals surface area (Å²) in [5, 5.41) is 2.09. The molecule has 0 saturated carbocycles. The molecule has 1 aliphatic heterocycles. The second-order valence-electron chi connectivity index (χ2n) is 9.47. The maximum atomic E-state index is 13.7. The molecule has 2 aliphatic rings. The zero-order chi connectivity index (χ0) is 27.4. The molecule has 0 spiro atoms. The minimum atomic E-state index is -0.0149. The minimum Gasteiger partial charge on any atom is -0.456 e. The highest BCUT2D eigenvalue weighted by Gasteiger charge is 2.24. The van der Waals surface area contributed by atoms with E-state index >= 15 is 0 Å². The van der Waals surface area contributed by atoms with Crippen molar-refractivity contribution in [1.29, 1.82) is 0 Å². The summed E-state index contributed by atoms with van der Waals surface area (Å²) >= 11 is 0. The van der Waals surface area contributed by atoms with Gasteiger partial charge in [0.15, 0.2) is 0 Å². The van der Waals surface area contributed by atoms with Gasteiger partial charge in [0.2, 0.25) is 5.36 Å². The fourth-order valence-corrected chi connectivity index (χ4v) is 5.37. The number of amides is 1. The molecule has 0 fully saturated rings. The first-order valence-electron chi connectivity index (χ1n) is 13.9.